The molecule has 0 aliphatic heterocycles. The van der Waals surface area contributed by atoms with Gasteiger partial charge in [0, 0.05) is 17.3 Å². The second kappa shape index (κ2) is 10.7. The summed E-state index contributed by atoms with van der Waals surface area (Å²) in [7, 11) is 0. The Morgan fingerprint density at radius 3 is 2.62 bits per heavy atom. The third-order valence-corrected chi connectivity index (χ3v) is 6.40. The summed E-state index contributed by atoms with van der Waals surface area (Å²) >= 11 is 6.28. The maximum atomic E-state index is 12.9. The van der Waals surface area contributed by atoms with Crippen LogP contribution in [0.25, 0.3) is 0 Å². The van der Waals surface area contributed by atoms with Crippen molar-refractivity contribution in [2.75, 3.05) is 5.32 Å². The van der Waals surface area contributed by atoms with Crippen molar-refractivity contribution in [3.63, 3.8) is 0 Å². The molecule has 0 atom stereocenters. The number of hydrogen-bond acceptors (Lipinski definition) is 5. The third kappa shape index (κ3) is 5.78. The van der Waals surface area contributed by atoms with E-state index in [1.807, 2.05) is 13.8 Å². The number of benzene rings is 2. The molecular weight excluding hydrogens is 454 g/mol. The van der Waals surface area contributed by atoms with E-state index in [0.29, 0.717) is 40.0 Å². The third-order valence-electron chi connectivity index (χ3n) is 6.07. The number of nitrogens with zero attached hydrogens (tertiary/aromatic N) is 1. The predicted molar refractivity (Wildman–Crippen MR) is 130 cm³/mol. The number of carbonyl (C=O) groups is 2. The van der Waals surface area contributed by atoms with Gasteiger partial charge in [-0.05, 0) is 63.1 Å². The van der Waals surface area contributed by atoms with Gasteiger partial charge in [0.05, 0.1) is 21.8 Å². The average molecular weight is 482 g/mol. The van der Waals surface area contributed by atoms with E-state index in [9.17, 15) is 9.59 Å². The summed E-state index contributed by atoms with van der Waals surface area (Å²) in [5.74, 6) is 0.722. The van der Waals surface area contributed by atoms with Gasteiger partial charge in [-0.25, -0.2) is 0 Å². The van der Waals surface area contributed by atoms with E-state index in [0.717, 1.165) is 36.9 Å². The van der Waals surface area contributed by atoms with Crippen LogP contribution in [-0.4, -0.2) is 23.0 Å². The predicted octanol–water partition coefficient (Wildman–Crippen LogP) is 5.84. The van der Waals surface area contributed by atoms with Gasteiger partial charge in [0.15, 0.2) is 0 Å². The highest BCUT2D eigenvalue weighted by atomic mass is 35.5. The number of anilines is 1. The Bertz CT molecular complexity index is 1170. The van der Waals surface area contributed by atoms with Crippen LogP contribution in [0, 0.1) is 13.8 Å². The van der Waals surface area contributed by atoms with Crippen molar-refractivity contribution in [1.82, 2.24) is 10.5 Å². The Labute approximate surface area is 203 Å². The molecule has 7 nitrogen and oxygen atoms in total. The van der Waals surface area contributed by atoms with E-state index < -0.39 is 0 Å². The molecule has 0 saturated heterocycles. The smallest absolute Gasteiger partial charge is 0.255 e. The zero-order valence-corrected chi connectivity index (χ0v) is 20.1. The van der Waals surface area contributed by atoms with Crippen molar-refractivity contribution in [2.24, 2.45) is 0 Å². The number of aryl methyl sites for hydroxylation is 2. The number of carbonyl (C=O) groups excluding carboxylic acids is 2. The molecule has 1 aromatic heterocycles. The lowest BCUT2D eigenvalue weighted by atomic mass is 9.95. The maximum absolute atomic E-state index is 12.9. The molecule has 34 heavy (non-hydrogen) atoms. The molecule has 3 aromatic rings. The fourth-order valence-electron chi connectivity index (χ4n) is 4.08. The van der Waals surface area contributed by atoms with Crippen LogP contribution in [0.4, 0.5) is 5.69 Å². The molecule has 1 aliphatic rings. The first-order valence-corrected chi connectivity index (χ1v) is 11.8. The number of amides is 2. The second-order valence-corrected chi connectivity index (χ2v) is 8.98. The molecule has 4 rings (SSSR count). The molecule has 8 heteroatoms. The molecule has 1 saturated carbocycles. The van der Waals surface area contributed by atoms with E-state index in [1.165, 1.54) is 6.42 Å². The van der Waals surface area contributed by atoms with Crippen LogP contribution in [0.2, 0.25) is 5.02 Å². The van der Waals surface area contributed by atoms with Crippen molar-refractivity contribution in [2.45, 2.75) is 58.6 Å². The molecule has 2 aromatic carbocycles. The summed E-state index contributed by atoms with van der Waals surface area (Å²) in [6.07, 6.45) is 5.41. The van der Waals surface area contributed by atoms with Crippen molar-refractivity contribution in [1.29, 1.82) is 0 Å². The van der Waals surface area contributed by atoms with Crippen LogP contribution >= 0.6 is 11.6 Å². The molecule has 2 N–H and O–H groups in total. The number of nitrogens with one attached hydrogen (secondary N) is 2. The van der Waals surface area contributed by atoms with Gasteiger partial charge < -0.3 is 19.9 Å². The van der Waals surface area contributed by atoms with Gasteiger partial charge in [0.25, 0.3) is 11.8 Å². The molecule has 0 radical (unpaired) electrons. The maximum Gasteiger partial charge on any atom is 0.255 e. The lowest BCUT2D eigenvalue weighted by Gasteiger charge is -2.23. The van der Waals surface area contributed by atoms with Gasteiger partial charge >= 0.3 is 0 Å². The fourth-order valence-corrected chi connectivity index (χ4v) is 4.28. The Kier molecular flexibility index (Phi) is 7.53. The normalized spacial score (nSPS) is 14.0. The summed E-state index contributed by atoms with van der Waals surface area (Å²) in [6.45, 7) is 3.98. The van der Waals surface area contributed by atoms with Gasteiger partial charge in [-0.15, -0.1) is 0 Å². The average Bonchev–Trinajstić information content (AvgIpc) is 3.16. The molecule has 178 valence electrons. The van der Waals surface area contributed by atoms with Crippen LogP contribution in [-0.2, 0) is 6.61 Å². The number of rotatable bonds is 7. The van der Waals surface area contributed by atoms with Crippen LogP contribution < -0.4 is 15.4 Å². The van der Waals surface area contributed by atoms with Crippen molar-refractivity contribution in [3.05, 3.63) is 75.6 Å². The van der Waals surface area contributed by atoms with Crippen LogP contribution in [0.3, 0.4) is 0 Å². The minimum absolute atomic E-state index is 0.170. The highest BCUT2D eigenvalue weighted by molar-refractivity contribution is 6.34. The Balaban J connectivity index is 1.41. The number of ether oxygens (including phenoxy) is 1. The topological polar surface area (TPSA) is 93.5 Å². The minimum atomic E-state index is -0.316. The molecule has 1 heterocycles. The van der Waals surface area contributed by atoms with Gasteiger partial charge in [-0.2, -0.15) is 0 Å². The van der Waals surface area contributed by atoms with Crippen LogP contribution in [0.15, 0.2) is 47.0 Å². The zero-order chi connectivity index (χ0) is 24.1. The SMILES string of the molecule is Cc1noc(C)c1COc1cccc(C(=O)Nc2ccc(Cl)c(C(=O)NC3CCCCC3)c2)c1. The number of hydrogen-bond donors (Lipinski definition) is 2. The van der Waals surface area contributed by atoms with E-state index in [-0.39, 0.29) is 17.9 Å². The first kappa shape index (κ1) is 23.8. The van der Waals surface area contributed by atoms with Crippen molar-refractivity contribution >= 4 is 29.1 Å². The Hall–Kier alpha value is -3.32. The quantitative estimate of drug-likeness (QED) is 0.442. The van der Waals surface area contributed by atoms with Crippen LogP contribution in [0.5, 0.6) is 5.75 Å². The Morgan fingerprint density at radius 2 is 1.88 bits per heavy atom. The molecular formula is C26H28ClN3O4. The van der Waals surface area contributed by atoms with E-state index >= 15 is 0 Å². The summed E-state index contributed by atoms with van der Waals surface area (Å²) in [6, 6.07) is 12.0. The summed E-state index contributed by atoms with van der Waals surface area (Å²) < 4.78 is 11.0. The number of aromatic nitrogens is 1. The lowest BCUT2D eigenvalue weighted by Crippen LogP contribution is -2.36. The second-order valence-electron chi connectivity index (χ2n) is 8.58. The molecule has 0 unspecified atom stereocenters. The van der Waals surface area contributed by atoms with Gasteiger partial charge in [-0.3, -0.25) is 9.59 Å². The fraction of sp³-hybridized carbons (Fsp3) is 0.346. The van der Waals surface area contributed by atoms with Gasteiger partial charge in [-0.1, -0.05) is 42.1 Å². The van der Waals surface area contributed by atoms with Crippen LogP contribution in [0.1, 0.15) is 69.8 Å². The molecule has 1 fully saturated rings. The van der Waals surface area contributed by atoms with Crippen molar-refractivity contribution < 1.29 is 18.8 Å². The molecule has 0 spiro atoms. The Morgan fingerprint density at radius 1 is 1.09 bits per heavy atom. The summed E-state index contributed by atoms with van der Waals surface area (Å²) in [5.41, 5.74) is 2.93. The monoisotopic (exact) mass is 481 g/mol. The minimum Gasteiger partial charge on any atom is -0.489 e. The molecule has 2 amide bonds. The van der Waals surface area contributed by atoms with Crippen molar-refractivity contribution in [3.8, 4) is 5.75 Å². The van der Waals surface area contributed by atoms with E-state index in [1.54, 1.807) is 42.5 Å². The highest BCUT2D eigenvalue weighted by Crippen LogP contribution is 2.24. The first-order valence-electron chi connectivity index (χ1n) is 11.5. The lowest BCUT2D eigenvalue weighted by molar-refractivity contribution is 0.0926. The van der Waals surface area contributed by atoms with Gasteiger partial charge in [0.1, 0.15) is 18.1 Å². The first-order chi connectivity index (χ1) is 16.4. The van der Waals surface area contributed by atoms with Gasteiger partial charge in [0.2, 0.25) is 0 Å². The summed E-state index contributed by atoms with van der Waals surface area (Å²) in [4.78, 5) is 25.6. The molecule has 0 bridgehead atoms. The zero-order valence-electron chi connectivity index (χ0n) is 19.3. The van der Waals surface area contributed by atoms with E-state index in [4.69, 9.17) is 20.9 Å². The van der Waals surface area contributed by atoms with E-state index in [2.05, 4.69) is 15.8 Å². The number of halogens is 1. The highest BCUT2D eigenvalue weighted by Gasteiger charge is 2.19. The standard InChI is InChI=1S/C26H28ClN3O4/c1-16-23(17(2)34-30-16)15-33-21-10-6-7-18(13-21)25(31)29-20-11-12-24(27)22(14-20)26(32)28-19-8-4-3-5-9-19/h6-7,10-14,19H,3-5,8-9,15H2,1-2H3,(H,28,32)(H,29,31). The molecule has 1 aliphatic carbocycles. The largest absolute Gasteiger partial charge is 0.489 e. The summed E-state index contributed by atoms with van der Waals surface area (Å²) in [5, 5.41) is 10.2.